The fourth-order valence-electron chi connectivity index (χ4n) is 4.97. The number of rotatable bonds is 0. The second kappa shape index (κ2) is 6.08. The first-order valence-corrected chi connectivity index (χ1v) is 8.83. The molecule has 0 aromatic rings. The standard InChI is InChI=1S/C18H33N3O2/c1-12-7-13(2)11-20(10-12)15(22)16(23)21-17(3,4)8-14(19)9-18(21,5)6/h12-14H,7-11,19H2,1-6H3. The van der Waals surface area contributed by atoms with Gasteiger partial charge in [-0.3, -0.25) is 9.59 Å². The maximum atomic E-state index is 13.0. The highest BCUT2D eigenvalue weighted by atomic mass is 16.2. The number of nitrogens with zero attached hydrogens (tertiary/aromatic N) is 2. The van der Waals surface area contributed by atoms with Crippen molar-refractivity contribution in [2.45, 2.75) is 77.9 Å². The lowest BCUT2D eigenvalue weighted by Crippen LogP contribution is -2.67. The Morgan fingerprint density at radius 1 is 0.913 bits per heavy atom. The van der Waals surface area contributed by atoms with Gasteiger partial charge in [0.2, 0.25) is 0 Å². The van der Waals surface area contributed by atoms with Crippen LogP contribution in [0.1, 0.15) is 60.8 Å². The first-order valence-electron chi connectivity index (χ1n) is 8.83. The molecule has 0 aromatic heterocycles. The van der Waals surface area contributed by atoms with Crippen LogP contribution in [0.3, 0.4) is 0 Å². The summed E-state index contributed by atoms with van der Waals surface area (Å²) in [5.41, 5.74) is 5.37. The maximum absolute atomic E-state index is 13.0. The van der Waals surface area contributed by atoms with Gasteiger partial charge in [0.15, 0.2) is 0 Å². The van der Waals surface area contributed by atoms with E-state index < -0.39 is 11.1 Å². The molecule has 0 aromatic carbocycles. The van der Waals surface area contributed by atoms with Crippen LogP contribution in [0, 0.1) is 11.8 Å². The summed E-state index contributed by atoms with van der Waals surface area (Å²) in [7, 11) is 0. The average molecular weight is 323 g/mol. The van der Waals surface area contributed by atoms with E-state index in [1.54, 1.807) is 9.80 Å². The van der Waals surface area contributed by atoms with Crippen LogP contribution in [0.15, 0.2) is 0 Å². The van der Waals surface area contributed by atoms with E-state index in [9.17, 15) is 9.59 Å². The van der Waals surface area contributed by atoms with Crippen LogP contribution >= 0.6 is 0 Å². The summed E-state index contributed by atoms with van der Waals surface area (Å²) in [6.07, 6.45) is 2.57. The first-order chi connectivity index (χ1) is 10.4. The largest absolute Gasteiger partial charge is 0.334 e. The van der Waals surface area contributed by atoms with Crippen molar-refractivity contribution in [2.24, 2.45) is 17.6 Å². The van der Waals surface area contributed by atoms with Crippen molar-refractivity contribution in [1.29, 1.82) is 0 Å². The summed E-state index contributed by atoms with van der Waals surface area (Å²) >= 11 is 0. The Morgan fingerprint density at radius 2 is 1.35 bits per heavy atom. The Balaban J connectivity index is 2.22. The number of carbonyl (C=O) groups excluding carboxylic acids is 2. The molecular formula is C18H33N3O2. The van der Waals surface area contributed by atoms with Crippen molar-refractivity contribution in [1.82, 2.24) is 9.80 Å². The molecule has 2 atom stereocenters. The van der Waals surface area contributed by atoms with Gasteiger partial charge >= 0.3 is 11.8 Å². The molecule has 23 heavy (non-hydrogen) atoms. The molecule has 2 unspecified atom stereocenters. The zero-order valence-corrected chi connectivity index (χ0v) is 15.6. The number of piperidine rings is 2. The smallest absolute Gasteiger partial charge is 0.312 e. The molecule has 5 nitrogen and oxygen atoms in total. The Kier molecular flexibility index (Phi) is 4.82. The van der Waals surface area contributed by atoms with E-state index >= 15 is 0 Å². The molecule has 2 N–H and O–H groups in total. The van der Waals surface area contributed by atoms with Crippen molar-refractivity contribution >= 4 is 11.8 Å². The number of carbonyl (C=O) groups is 2. The predicted octanol–water partition coefficient (Wildman–Crippen LogP) is 2.00. The molecule has 0 saturated carbocycles. The Labute approximate surface area is 140 Å². The molecule has 0 spiro atoms. The molecule has 2 saturated heterocycles. The summed E-state index contributed by atoms with van der Waals surface area (Å²) in [5.74, 6) is 0.186. The minimum Gasteiger partial charge on any atom is -0.334 e. The van der Waals surface area contributed by atoms with Gasteiger partial charge in [0.05, 0.1) is 0 Å². The summed E-state index contributed by atoms with van der Waals surface area (Å²) in [6, 6.07) is 0.0641. The van der Waals surface area contributed by atoms with Crippen molar-refractivity contribution < 1.29 is 9.59 Å². The molecule has 5 heteroatoms. The van der Waals surface area contributed by atoms with E-state index in [4.69, 9.17) is 5.73 Å². The molecule has 132 valence electrons. The predicted molar refractivity (Wildman–Crippen MR) is 91.7 cm³/mol. The number of amides is 2. The molecule has 0 bridgehead atoms. The molecule has 2 aliphatic rings. The normalized spacial score (nSPS) is 31.1. The SMILES string of the molecule is CC1CC(C)CN(C(=O)C(=O)N2C(C)(C)CC(N)CC2(C)C)C1. The van der Waals surface area contributed by atoms with Crippen LogP contribution < -0.4 is 5.73 Å². The van der Waals surface area contributed by atoms with Gasteiger partial charge in [0, 0.05) is 30.2 Å². The van der Waals surface area contributed by atoms with Crippen molar-refractivity contribution in [2.75, 3.05) is 13.1 Å². The van der Waals surface area contributed by atoms with Crippen LogP contribution in [0.5, 0.6) is 0 Å². The summed E-state index contributed by atoms with van der Waals surface area (Å²) < 4.78 is 0. The van der Waals surface area contributed by atoms with Gasteiger partial charge < -0.3 is 15.5 Å². The average Bonchev–Trinajstić information content (AvgIpc) is 2.32. The van der Waals surface area contributed by atoms with E-state index in [-0.39, 0.29) is 17.9 Å². The first kappa shape index (κ1) is 18.2. The third-order valence-corrected chi connectivity index (χ3v) is 5.28. The maximum Gasteiger partial charge on any atom is 0.312 e. The van der Waals surface area contributed by atoms with Crippen LogP contribution in [-0.2, 0) is 9.59 Å². The third kappa shape index (κ3) is 3.70. The Bertz CT molecular complexity index is 459. The number of nitrogens with two attached hydrogens (primary N) is 1. The lowest BCUT2D eigenvalue weighted by molar-refractivity contribution is -0.164. The number of hydrogen-bond donors (Lipinski definition) is 1. The molecule has 0 aliphatic carbocycles. The molecular weight excluding hydrogens is 290 g/mol. The van der Waals surface area contributed by atoms with E-state index in [1.807, 2.05) is 27.7 Å². The number of likely N-dealkylation sites (tertiary alicyclic amines) is 2. The van der Waals surface area contributed by atoms with Crippen LogP contribution in [0.2, 0.25) is 0 Å². The van der Waals surface area contributed by atoms with Gasteiger partial charge in [0.1, 0.15) is 0 Å². The van der Waals surface area contributed by atoms with Gasteiger partial charge in [-0.1, -0.05) is 13.8 Å². The summed E-state index contributed by atoms with van der Waals surface area (Å²) in [4.78, 5) is 29.4. The molecule has 2 fully saturated rings. The van der Waals surface area contributed by atoms with Gasteiger partial charge in [-0.05, 0) is 58.8 Å². The lowest BCUT2D eigenvalue weighted by atomic mass is 9.77. The van der Waals surface area contributed by atoms with E-state index in [2.05, 4.69) is 13.8 Å². The minimum atomic E-state index is -0.402. The fourth-order valence-corrected chi connectivity index (χ4v) is 4.97. The molecule has 2 aliphatic heterocycles. The quantitative estimate of drug-likeness (QED) is 0.693. The molecule has 2 heterocycles. The number of hydrogen-bond acceptors (Lipinski definition) is 3. The van der Waals surface area contributed by atoms with Crippen LogP contribution in [0.25, 0.3) is 0 Å². The fraction of sp³-hybridized carbons (Fsp3) is 0.889. The lowest BCUT2D eigenvalue weighted by Gasteiger charge is -2.54. The zero-order chi connectivity index (χ0) is 17.6. The minimum absolute atomic E-state index is 0.0641. The highest BCUT2D eigenvalue weighted by Crippen LogP contribution is 2.38. The molecule has 0 radical (unpaired) electrons. The van der Waals surface area contributed by atoms with E-state index in [0.717, 1.165) is 19.3 Å². The summed E-state index contributed by atoms with van der Waals surface area (Å²) in [6.45, 7) is 13.7. The van der Waals surface area contributed by atoms with Gasteiger partial charge in [0.25, 0.3) is 0 Å². The van der Waals surface area contributed by atoms with E-state index in [1.165, 1.54) is 0 Å². The van der Waals surface area contributed by atoms with E-state index in [0.29, 0.717) is 24.9 Å². The zero-order valence-electron chi connectivity index (χ0n) is 15.6. The molecule has 2 rings (SSSR count). The third-order valence-electron chi connectivity index (χ3n) is 5.28. The second-order valence-corrected chi connectivity index (χ2v) is 9.09. The van der Waals surface area contributed by atoms with Gasteiger partial charge in [-0.15, -0.1) is 0 Å². The van der Waals surface area contributed by atoms with Crippen molar-refractivity contribution in [3.63, 3.8) is 0 Å². The Hall–Kier alpha value is -1.10. The summed E-state index contributed by atoms with van der Waals surface area (Å²) in [5, 5.41) is 0. The Morgan fingerprint density at radius 3 is 1.78 bits per heavy atom. The van der Waals surface area contributed by atoms with Crippen LogP contribution in [-0.4, -0.2) is 51.8 Å². The topological polar surface area (TPSA) is 66.6 Å². The molecule has 2 amide bonds. The van der Waals surface area contributed by atoms with Crippen molar-refractivity contribution in [3.8, 4) is 0 Å². The highest BCUT2D eigenvalue weighted by molar-refractivity contribution is 6.35. The van der Waals surface area contributed by atoms with Crippen molar-refractivity contribution in [3.05, 3.63) is 0 Å². The van der Waals surface area contributed by atoms with Gasteiger partial charge in [-0.2, -0.15) is 0 Å². The highest BCUT2D eigenvalue weighted by Gasteiger charge is 2.49. The van der Waals surface area contributed by atoms with Gasteiger partial charge in [-0.25, -0.2) is 0 Å². The van der Waals surface area contributed by atoms with Crippen LogP contribution in [0.4, 0.5) is 0 Å². The monoisotopic (exact) mass is 323 g/mol. The second-order valence-electron chi connectivity index (χ2n) is 9.09.